The second kappa shape index (κ2) is 5.47. The maximum atomic E-state index is 12.4. The van der Waals surface area contributed by atoms with Gasteiger partial charge >= 0.3 is 0 Å². The molecule has 1 saturated heterocycles. The standard InChI is InChI=1S/C12H16N2O5S/c1-9(15)10-6-7-13(8-10)20(18,19)12-4-2-11(3-5-12)14(16)17/h2-5,9-10,15H,6-8H2,1H3. The molecule has 0 saturated carbocycles. The molecule has 1 fully saturated rings. The smallest absolute Gasteiger partial charge is 0.269 e. The fourth-order valence-electron chi connectivity index (χ4n) is 2.25. The van der Waals surface area contributed by atoms with Gasteiger partial charge in [0.15, 0.2) is 0 Å². The fraction of sp³-hybridized carbons (Fsp3) is 0.500. The maximum Gasteiger partial charge on any atom is 0.269 e. The van der Waals surface area contributed by atoms with Crippen molar-refractivity contribution in [2.24, 2.45) is 5.92 Å². The van der Waals surface area contributed by atoms with Crippen molar-refractivity contribution < 1.29 is 18.4 Å². The van der Waals surface area contributed by atoms with Crippen LogP contribution in [0.2, 0.25) is 0 Å². The summed E-state index contributed by atoms with van der Waals surface area (Å²) in [6.45, 7) is 2.28. The van der Waals surface area contributed by atoms with E-state index >= 15 is 0 Å². The summed E-state index contributed by atoms with van der Waals surface area (Å²) in [4.78, 5) is 10.0. The molecule has 0 amide bonds. The molecule has 0 bridgehead atoms. The number of aliphatic hydroxyl groups is 1. The zero-order valence-electron chi connectivity index (χ0n) is 11.0. The molecule has 2 unspecified atom stereocenters. The van der Waals surface area contributed by atoms with Crippen molar-refractivity contribution in [1.82, 2.24) is 4.31 Å². The molecule has 110 valence electrons. The largest absolute Gasteiger partial charge is 0.393 e. The lowest BCUT2D eigenvalue weighted by Crippen LogP contribution is -2.30. The quantitative estimate of drug-likeness (QED) is 0.660. The molecule has 1 aliphatic heterocycles. The predicted molar refractivity (Wildman–Crippen MR) is 71.6 cm³/mol. The monoisotopic (exact) mass is 300 g/mol. The van der Waals surface area contributed by atoms with Crippen molar-refractivity contribution in [3.05, 3.63) is 34.4 Å². The molecule has 1 aromatic carbocycles. The number of aliphatic hydroxyl groups excluding tert-OH is 1. The minimum atomic E-state index is -3.65. The van der Waals surface area contributed by atoms with Gasteiger partial charge in [-0.1, -0.05) is 0 Å². The lowest BCUT2D eigenvalue weighted by Gasteiger charge is -2.17. The SMILES string of the molecule is CC(O)C1CCN(S(=O)(=O)c2ccc([N+](=O)[O-])cc2)C1. The third-order valence-corrected chi connectivity index (χ3v) is 5.43. The predicted octanol–water partition coefficient (Wildman–Crippen LogP) is 0.986. The highest BCUT2D eigenvalue weighted by molar-refractivity contribution is 7.89. The van der Waals surface area contributed by atoms with Crippen LogP contribution in [0, 0.1) is 16.0 Å². The molecule has 7 nitrogen and oxygen atoms in total. The number of non-ortho nitro benzene ring substituents is 1. The summed E-state index contributed by atoms with van der Waals surface area (Å²) in [7, 11) is -3.65. The van der Waals surface area contributed by atoms with Crippen molar-refractivity contribution in [2.75, 3.05) is 13.1 Å². The molecular formula is C12H16N2O5S. The molecule has 1 aromatic rings. The fourth-order valence-corrected chi connectivity index (χ4v) is 3.77. The van der Waals surface area contributed by atoms with Gasteiger partial charge in [0.25, 0.3) is 5.69 Å². The van der Waals surface area contributed by atoms with Crippen molar-refractivity contribution in [3.63, 3.8) is 0 Å². The number of nitrogens with zero attached hydrogens (tertiary/aromatic N) is 2. The first kappa shape index (κ1) is 14.9. The zero-order chi connectivity index (χ0) is 14.9. The Morgan fingerprint density at radius 1 is 1.40 bits per heavy atom. The van der Waals surface area contributed by atoms with Gasteiger partial charge in [-0.05, 0) is 31.4 Å². The second-order valence-corrected chi connectivity index (χ2v) is 6.84. The second-order valence-electron chi connectivity index (χ2n) is 4.90. The first-order valence-electron chi connectivity index (χ1n) is 6.25. The number of hydrogen-bond acceptors (Lipinski definition) is 5. The van der Waals surface area contributed by atoms with Gasteiger partial charge < -0.3 is 5.11 Å². The van der Waals surface area contributed by atoms with Crippen molar-refractivity contribution in [1.29, 1.82) is 0 Å². The Bertz CT molecular complexity index is 597. The molecule has 20 heavy (non-hydrogen) atoms. The zero-order valence-corrected chi connectivity index (χ0v) is 11.8. The Balaban J connectivity index is 2.21. The van der Waals surface area contributed by atoms with E-state index in [0.717, 1.165) is 0 Å². The average molecular weight is 300 g/mol. The van der Waals surface area contributed by atoms with Crippen LogP contribution in [0.5, 0.6) is 0 Å². The van der Waals surface area contributed by atoms with Gasteiger partial charge in [0.1, 0.15) is 0 Å². The van der Waals surface area contributed by atoms with Gasteiger partial charge in [-0.2, -0.15) is 4.31 Å². The van der Waals surface area contributed by atoms with Crippen LogP contribution < -0.4 is 0 Å². The summed E-state index contributed by atoms with van der Waals surface area (Å²) in [5.41, 5.74) is -0.146. The molecule has 1 N–H and O–H groups in total. The van der Waals surface area contributed by atoms with E-state index in [-0.39, 0.29) is 23.0 Å². The van der Waals surface area contributed by atoms with Gasteiger partial charge in [-0.15, -0.1) is 0 Å². The summed E-state index contributed by atoms with van der Waals surface area (Å²) < 4.78 is 26.0. The molecule has 1 aliphatic rings. The topological polar surface area (TPSA) is 101 Å². The van der Waals surface area contributed by atoms with Crippen LogP contribution in [0.15, 0.2) is 29.2 Å². The van der Waals surface area contributed by atoms with Crippen molar-refractivity contribution in [3.8, 4) is 0 Å². The van der Waals surface area contributed by atoms with E-state index in [1.54, 1.807) is 6.92 Å². The van der Waals surface area contributed by atoms with Gasteiger partial charge in [-0.25, -0.2) is 8.42 Å². The van der Waals surface area contributed by atoms with E-state index in [4.69, 9.17) is 0 Å². The van der Waals surface area contributed by atoms with Crippen LogP contribution in [0.4, 0.5) is 5.69 Å². The molecule has 0 aliphatic carbocycles. The third-order valence-electron chi connectivity index (χ3n) is 3.55. The normalized spacial score (nSPS) is 21.8. The molecule has 2 atom stereocenters. The highest BCUT2D eigenvalue weighted by Crippen LogP contribution is 2.27. The Hall–Kier alpha value is -1.51. The minimum absolute atomic E-state index is 0.0364. The van der Waals surface area contributed by atoms with Gasteiger partial charge in [0, 0.05) is 25.2 Å². The number of rotatable bonds is 4. The molecule has 0 aromatic heterocycles. The average Bonchev–Trinajstić information content (AvgIpc) is 2.89. The summed E-state index contributed by atoms with van der Waals surface area (Å²) >= 11 is 0. The van der Waals surface area contributed by atoms with Crippen LogP contribution >= 0.6 is 0 Å². The Labute approximate surface area is 117 Å². The van der Waals surface area contributed by atoms with Crippen LogP contribution in [-0.4, -0.2) is 41.9 Å². The Kier molecular flexibility index (Phi) is 4.07. The summed E-state index contributed by atoms with van der Waals surface area (Å²) in [6.07, 6.45) is 0.0659. The van der Waals surface area contributed by atoms with Gasteiger partial charge in [0.05, 0.1) is 15.9 Å². The highest BCUT2D eigenvalue weighted by Gasteiger charge is 2.34. The van der Waals surface area contributed by atoms with Crippen LogP contribution in [0.1, 0.15) is 13.3 Å². The number of nitro groups is 1. The summed E-state index contributed by atoms with van der Waals surface area (Å²) in [5, 5.41) is 20.1. The number of nitro benzene ring substituents is 1. The molecular weight excluding hydrogens is 284 g/mol. The lowest BCUT2D eigenvalue weighted by molar-refractivity contribution is -0.384. The van der Waals surface area contributed by atoms with E-state index in [9.17, 15) is 23.6 Å². The van der Waals surface area contributed by atoms with Gasteiger partial charge in [-0.3, -0.25) is 10.1 Å². The minimum Gasteiger partial charge on any atom is -0.393 e. The molecule has 2 rings (SSSR count). The Morgan fingerprint density at radius 3 is 2.45 bits per heavy atom. The summed E-state index contributed by atoms with van der Waals surface area (Å²) in [6, 6.07) is 4.83. The van der Waals surface area contributed by atoms with E-state index in [1.807, 2.05) is 0 Å². The van der Waals surface area contributed by atoms with Crippen molar-refractivity contribution >= 4 is 15.7 Å². The maximum absolute atomic E-state index is 12.4. The lowest BCUT2D eigenvalue weighted by atomic mass is 10.0. The molecule has 8 heteroatoms. The Morgan fingerprint density at radius 2 is 2.00 bits per heavy atom. The first-order chi connectivity index (χ1) is 9.32. The highest BCUT2D eigenvalue weighted by atomic mass is 32.2. The van der Waals surface area contributed by atoms with Gasteiger partial charge in [0.2, 0.25) is 10.0 Å². The van der Waals surface area contributed by atoms with E-state index in [2.05, 4.69) is 0 Å². The number of hydrogen-bond donors (Lipinski definition) is 1. The van der Waals surface area contributed by atoms with Crippen LogP contribution in [0.25, 0.3) is 0 Å². The number of sulfonamides is 1. The summed E-state index contributed by atoms with van der Waals surface area (Å²) in [5.74, 6) is -0.0668. The van der Waals surface area contributed by atoms with Crippen LogP contribution in [-0.2, 0) is 10.0 Å². The third kappa shape index (κ3) is 2.82. The van der Waals surface area contributed by atoms with E-state index in [0.29, 0.717) is 13.0 Å². The van der Waals surface area contributed by atoms with E-state index < -0.39 is 21.1 Å². The number of benzene rings is 1. The van der Waals surface area contributed by atoms with Crippen molar-refractivity contribution in [2.45, 2.75) is 24.3 Å². The van der Waals surface area contributed by atoms with Crippen LogP contribution in [0.3, 0.4) is 0 Å². The van der Waals surface area contributed by atoms with E-state index in [1.165, 1.54) is 28.6 Å². The first-order valence-corrected chi connectivity index (χ1v) is 7.69. The molecule has 1 heterocycles. The molecule has 0 spiro atoms. The molecule has 0 radical (unpaired) electrons.